The number of carboxylic acids is 1. The van der Waals surface area contributed by atoms with Crippen LogP contribution in [0.25, 0.3) is 0 Å². The van der Waals surface area contributed by atoms with Crippen LogP contribution in [0, 0.1) is 5.92 Å². The van der Waals surface area contributed by atoms with E-state index in [0.29, 0.717) is 12.0 Å². The molecule has 3 rings (SSSR count). The summed E-state index contributed by atoms with van der Waals surface area (Å²) in [7, 11) is 0. The van der Waals surface area contributed by atoms with Crippen molar-refractivity contribution >= 4 is 5.97 Å². The number of likely N-dealkylation sites (tertiary alicyclic amines) is 1. The van der Waals surface area contributed by atoms with Crippen molar-refractivity contribution in [2.45, 2.75) is 70.6 Å². The topological polar surface area (TPSA) is 58.4 Å². The third kappa shape index (κ3) is 2.98. The second-order valence-corrected chi connectivity index (χ2v) is 6.42. The van der Waals surface area contributed by atoms with Gasteiger partial charge < -0.3 is 5.11 Å². The van der Waals surface area contributed by atoms with Crippen LogP contribution in [0.4, 0.5) is 0 Å². The second-order valence-electron chi connectivity index (χ2n) is 6.42. The van der Waals surface area contributed by atoms with Crippen molar-refractivity contribution in [2.24, 2.45) is 5.92 Å². The van der Waals surface area contributed by atoms with Crippen LogP contribution in [-0.4, -0.2) is 37.8 Å². The third-order valence-electron chi connectivity index (χ3n) is 5.17. The fourth-order valence-electron chi connectivity index (χ4n) is 4.09. The number of carbonyl (C=O) groups is 1. The highest BCUT2D eigenvalue weighted by Crippen LogP contribution is 2.38. The Bertz CT molecular complexity index is 499. The molecule has 1 aromatic heterocycles. The first kappa shape index (κ1) is 14.6. The lowest BCUT2D eigenvalue weighted by Crippen LogP contribution is -2.54. The van der Waals surface area contributed by atoms with Crippen molar-refractivity contribution in [3.63, 3.8) is 0 Å². The average Bonchev–Trinajstić information content (AvgIpc) is 2.95. The van der Waals surface area contributed by atoms with E-state index < -0.39 is 5.97 Å². The van der Waals surface area contributed by atoms with Crippen LogP contribution in [0.3, 0.4) is 0 Å². The van der Waals surface area contributed by atoms with Gasteiger partial charge in [-0.1, -0.05) is 12.8 Å². The Labute approximate surface area is 125 Å². The largest absolute Gasteiger partial charge is 0.480 e. The number of aliphatic carboxylic acids is 1. The highest BCUT2D eigenvalue weighted by molar-refractivity contribution is 5.73. The maximum atomic E-state index is 11.6. The normalized spacial score (nSPS) is 30.0. The lowest BCUT2D eigenvalue weighted by molar-refractivity contribution is -0.148. The van der Waals surface area contributed by atoms with Crippen LogP contribution in [0.15, 0.2) is 12.4 Å². The zero-order chi connectivity index (χ0) is 14.8. The summed E-state index contributed by atoms with van der Waals surface area (Å²) in [6, 6.07) is 0.118. The van der Waals surface area contributed by atoms with Crippen LogP contribution >= 0.6 is 0 Å². The average molecular weight is 291 g/mol. The first-order valence-corrected chi connectivity index (χ1v) is 8.19. The molecule has 1 saturated heterocycles. The number of piperidine rings is 1. The molecule has 1 aliphatic heterocycles. The molecule has 0 bridgehead atoms. The molecule has 3 unspecified atom stereocenters. The highest BCUT2D eigenvalue weighted by Gasteiger charge is 2.41. The van der Waals surface area contributed by atoms with Gasteiger partial charge in [-0.25, -0.2) is 0 Å². The number of carboxylic acid groups (broad SMARTS) is 1. The van der Waals surface area contributed by atoms with E-state index in [-0.39, 0.29) is 6.04 Å². The van der Waals surface area contributed by atoms with Gasteiger partial charge in [0.15, 0.2) is 0 Å². The molecule has 21 heavy (non-hydrogen) atoms. The maximum Gasteiger partial charge on any atom is 0.320 e. The summed E-state index contributed by atoms with van der Waals surface area (Å²) in [5, 5.41) is 13.9. The summed E-state index contributed by atoms with van der Waals surface area (Å²) in [5.41, 5.74) is 1.13. The Hall–Kier alpha value is -1.36. The Morgan fingerprint density at radius 1 is 1.33 bits per heavy atom. The van der Waals surface area contributed by atoms with Crippen LogP contribution in [0.2, 0.25) is 0 Å². The van der Waals surface area contributed by atoms with Gasteiger partial charge >= 0.3 is 5.97 Å². The van der Waals surface area contributed by atoms with Crippen LogP contribution in [-0.2, 0) is 17.9 Å². The summed E-state index contributed by atoms with van der Waals surface area (Å²) >= 11 is 0. The molecule has 5 heteroatoms. The van der Waals surface area contributed by atoms with Crippen molar-refractivity contribution in [2.75, 3.05) is 0 Å². The minimum Gasteiger partial charge on any atom is -0.480 e. The molecule has 5 nitrogen and oxygen atoms in total. The van der Waals surface area contributed by atoms with Crippen molar-refractivity contribution < 1.29 is 9.90 Å². The summed E-state index contributed by atoms with van der Waals surface area (Å²) in [5.74, 6) is 0.0254. The molecule has 1 aliphatic carbocycles. The SMILES string of the molecule is CCn1cc(CN2C(C(=O)O)CCC3CCCCC32)cn1. The van der Waals surface area contributed by atoms with Gasteiger partial charge in [-0.15, -0.1) is 0 Å². The summed E-state index contributed by atoms with van der Waals surface area (Å²) in [6.07, 6.45) is 10.8. The van der Waals surface area contributed by atoms with E-state index >= 15 is 0 Å². The maximum absolute atomic E-state index is 11.6. The quantitative estimate of drug-likeness (QED) is 0.926. The van der Waals surface area contributed by atoms with E-state index in [9.17, 15) is 9.90 Å². The first-order valence-electron chi connectivity index (χ1n) is 8.19. The molecule has 2 heterocycles. The Balaban J connectivity index is 1.80. The fraction of sp³-hybridized carbons (Fsp3) is 0.750. The molecule has 2 fully saturated rings. The van der Waals surface area contributed by atoms with Crippen molar-refractivity contribution in [1.82, 2.24) is 14.7 Å². The monoisotopic (exact) mass is 291 g/mol. The zero-order valence-corrected chi connectivity index (χ0v) is 12.7. The van der Waals surface area contributed by atoms with Crippen LogP contribution < -0.4 is 0 Å². The number of aromatic nitrogens is 2. The molecular weight excluding hydrogens is 266 g/mol. The lowest BCUT2D eigenvalue weighted by Gasteiger charge is -2.47. The summed E-state index contributed by atoms with van der Waals surface area (Å²) in [4.78, 5) is 13.9. The first-order chi connectivity index (χ1) is 10.2. The van der Waals surface area contributed by atoms with Gasteiger partial charge in [-0.3, -0.25) is 14.4 Å². The van der Waals surface area contributed by atoms with Gasteiger partial charge in [0.2, 0.25) is 0 Å². The highest BCUT2D eigenvalue weighted by atomic mass is 16.4. The number of fused-ring (bicyclic) bond motifs is 1. The zero-order valence-electron chi connectivity index (χ0n) is 12.7. The molecule has 1 saturated carbocycles. The van der Waals surface area contributed by atoms with Crippen molar-refractivity contribution in [3.05, 3.63) is 18.0 Å². The summed E-state index contributed by atoms with van der Waals surface area (Å²) < 4.78 is 1.91. The van der Waals surface area contributed by atoms with Gasteiger partial charge in [-0.05, 0) is 38.5 Å². The molecule has 1 aromatic rings. The van der Waals surface area contributed by atoms with Gasteiger partial charge in [0.25, 0.3) is 0 Å². The lowest BCUT2D eigenvalue weighted by atomic mass is 9.76. The number of rotatable bonds is 4. The number of nitrogens with zero attached hydrogens (tertiary/aromatic N) is 3. The van der Waals surface area contributed by atoms with Gasteiger partial charge in [0.1, 0.15) is 6.04 Å². The fourth-order valence-corrected chi connectivity index (χ4v) is 4.09. The van der Waals surface area contributed by atoms with Gasteiger partial charge in [-0.2, -0.15) is 5.10 Å². The Morgan fingerprint density at radius 2 is 2.14 bits per heavy atom. The standard InChI is InChI=1S/C16H25N3O2/c1-2-18-10-12(9-17-18)11-19-14-6-4-3-5-13(14)7-8-15(19)16(20)21/h9-10,13-15H,2-8,11H2,1H3,(H,20,21). The smallest absolute Gasteiger partial charge is 0.320 e. The molecular formula is C16H25N3O2. The molecule has 1 N–H and O–H groups in total. The van der Waals surface area contributed by atoms with E-state index in [1.807, 2.05) is 17.1 Å². The molecule has 3 atom stereocenters. The molecule has 0 aromatic carbocycles. The van der Waals surface area contributed by atoms with Crippen LogP contribution in [0.5, 0.6) is 0 Å². The minimum atomic E-state index is -0.665. The number of aryl methyl sites for hydroxylation is 1. The molecule has 116 valence electrons. The number of hydrogen-bond acceptors (Lipinski definition) is 3. The van der Waals surface area contributed by atoms with Gasteiger partial charge in [0.05, 0.1) is 6.20 Å². The van der Waals surface area contributed by atoms with Crippen molar-refractivity contribution in [3.8, 4) is 0 Å². The second kappa shape index (κ2) is 6.18. The summed E-state index contributed by atoms with van der Waals surface area (Å²) in [6.45, 7) is 3.64. The molecule has 0 amide bonds. The molecule has 0 spiro atoms. The molecule has 0 radical (unpaired) electrons. The Morgan fingerprint density at radius 3 is 2.86 bits per heavy atom. The van der Waals surface area contributed by atoms with E-state index in [4.69, 9.17) is 0 Å². The van der Waals surface area contributed by atoms with E-state index in [0.717, 1.165) is 37.9 Å². The van der Waals surface area contributed by atoms with E-state index in [1.165, 1.54) is 19.3 Å². The molecule has 2 aliphatic rings. The van der Waals surface area contributed by atoms with E-state index in [1.54, 1.807) is 0 Å². The third-order valence-corrected chi connectivity index (χ3v) is 5.17. The van der Waals surface area contributed by atoms with Gasteiger partial charge in [0, 0.05) is 30.9 Å². The predicted molar refractivity (Wildman–Crippen MR) is 79.8 cm³/mol. The Kier molecular flexibility index (Phi) is 4.29. The van der Waals surface area contributed by atoms with Crippen molar-refractivity contribution in [1.29, 1.82) is 0 Å². The van der Waals surface area contributed by atoms with Crippen LogP contribution in [0.1, 0.15) is 51.0 Å². The minimum absolute atomic E-state index is 0.325. The van der Waals surface area contributed by atoms with E-state index in [2.05, 4.69) is 16.9 Å². The predicted octanol–water partition coefficient (Wildman–Crippen LogP) is 2.51. The number of hydrogen-bond donors (Lipinski definition) is 1.